The average Bonchev–Trinajstić information content (AvgIpc) is 0.901. The molecule has 620 valence electrons. The fourth-order valence-electron chi connectivity index (χ4n) is 10.8. The van der Waals surface area contributed by atoms with Gasteiger partial charge in [-0.25, -0.2) is 9.13 Å². The molecule has 4 N–H and O–H groups in total. The molecule has 16 nitrogen and oxygen atoms in total. The zero-order valence-electron chi connectivity index (χ0n) is 67.9. The molecular formula is C91H150O16P2. The van der Waals surface area contributed by atoms with Crippen molar-refractivity contribution < 1.29 is 75.8 Å². The van der Waals surface area contributed by atoms with Gasteiger partial charge in [-0.15, -0.1) is 0 Å². The molecule has 0 aliphatic carbocycles. The summed E-state index contributed by atoms with van der Waals surface area (Å²) in [7, 11) is -9.83. The van der Waals surface area contributed by atoms with E-state index in [0.717, 1.165) is 161 Å². The van der Waals surface area contributed by atoms with Gasteiger partial charge in [0.25, 0.3) is 0 Å². The maximum atomic E-state index is 13.0. The van der Waals surface area contributed by atoms with Crippen molar-refractivity contribution in [1.29, 1.82) is 0 Å². The second-order valence-electron chi connectivity index (χ2n) is 27.5. The predicted molar refractivity (Wildman–Crippen MR) is 454 cm³/mol. The van der Waals surface area contributed by atoms with E-state index < -0.39 is 91.5 Å². The van der Waals surface area contributed by atoms with Crippen molar-refractivity contribution >= 4 is 33.6 Å². The Morgan fingerprint density at radius 2 is 0.495 bits per heavy atom. The number of hydrogen-bond acceptors (Lipinski definition) is 14. The number of phosphoric ester groups is 2. The van der Waals surface area contributed by atoms with E-state index in [2.05, 4.69) is 191 Å². The number of carbonyl (C=O) groups is 3. The lowest BCUT2D eigenvalue weighted by Crippen LogP contribution is -2.30. The van der Waals surface area contributed by atoms with Crippen molar-refractivity contribution in [3.8, 4) is 0 Å². The van der Waals surface area contributed by atoms with Crippen LogP contribution in [0.3, 0.4) is 0 Å². The maximum absolute atomic E-state index is 13.0. The number of esters is 3. The molecule has 0 bridgehead atoms. The van der Waals surface area contributed by atoms with Crippen LogP contribution in [0, 0.1) is 0 Å². The van der Waals surface area contributed by atoms with E-state index in [9.17, 15) is 43.5 Å². The average molecular weight is 1560 g/mol. The number of ether oxygens (including phenoxy) is 3. The monoisotopic (exact) mass is 1560 g/mol. The van der Waals surface area contributed by atoms with Gasteiger partial charge in [-0.05, 0) is 154 Å². The predicted octanol–water partition coefficient (Wildman–Crippen LogP) is 25.3. The minimum Gasteiger partial charge on any atom is -0.463 e. The summed E-state index contributed by atoms with van der Waals surface area (Å²) >= 11 is 0. The lowest BCUT2D eigenvalue weighted by molar-refractivity contribution is -0.161. The summed E-state index contributed by atoms with van der Waals surface area (Å²) < 4.78 is 61.2. The number of hydrogen-bond donors (Lipinski definition) is 4. The van der Waals surface area contributed by atoms with E-state index in [1.807, 2.05) is 12.2 Å². The van der Waals surface area contributed by atoms with Gasteiger partial charge in [-0.1, -0.05) is 325 Å². The zero-order chi connectivity index (χ0) is 79.4. The van der Waals surface area contributed by atoms with Gasteiger partial charge < -0.3 is 34.2 Å². The lowest BCUT2D eigenvalue weighted by atomic mass is 10.0. The molecule has 0 spiro atoms. The summed E-state index contributed by atoms with van der Waals surface area (Å²) in [4.78, 5) is 58.7. The molecule has 5 atom stereocenters. The van der Waals surface area contributed by atoms with Crippen LogP contribution in [-0.2, 0) is 55.8 Å². The van der Waals surface area contributed by atoms with Gasteiger partial charge in [0.2, 0.25) is 0 Å². The Morgan fingerprint density at radius 1 is 0.266 bits per heavy atom. The SMILES string of the molecule is CC/C=C\C/C=C\C/C=C\C/C=C\C/C=C\C/C=C\CCCCCCCCCCCCCCCCC(=O)OCC(O)COP(=O)(O)OCC(O)COP(=O)(O)OCC(COC(=O)CCCCCCCCC/C=C\C/C=C\C/C=C\C/C=C\CCCCC)OC(=O)CCC/C=C\C/C=C\C/C=C\C/C=C\C/C=C\CC. The van der Waals surface area contributed by atoms with Gasteiger partial charge in [-0.2, -0.15) is 0 Å². The van der Waals surface area contributed by atoms with Crippen molar-refractivity contribution in [3.05, 3.63) is 182 Å². The minimum absolute atomic E-state index is 0.0180. The molecule has 0 aliphatic rings. The van der Waals surface area contributed by atoms with Crippen LogP contribution in [0.15, 0.2) is 182 Å². The van der Waals surface area contributed by atoms with Crippen LogP contribution >= 0.6 is 15.6 Å². The Balaban J connectivity index is 4.56. The molecule has 0 rings (SSSR count). The number of carbonyl (C=O) groups excluding carboxylic acids is 3. The van der Waals surface area contributed by atoms with Crippen LogP contribution in [-0.4, -0.2) is 95.9 Å². The molecule has 0 amide bonds. The van der Waals surface area contributed by atoms with Gasteiger partial charge in [0.1, 0.15) is 25.4 Å². The number of allylic oxidation sites excluding steroid dienone is 30. The Hall–Kier alpha value is -5.35. The van der Waals surface area contributed by atoms with Crippen LogP contribution in [0.5, 0.6) is 0 Å². The molecule has 0 aliphatic heterocycles. The van der Waals surface area contributed by atoms with E-state index in [-0.39, 0.29) is 19.3 Å². The van der Waals surface area contributed by atoms with Crippen LogP contribution in [0.25, 0.3) is 0 Å². The molecule has 0 fully saturated rings. The van der Waals surface area contributed by atoms with Crippen molar-refractivity contribution in [3.63, 3.8) is 0 Å². The molecule has 0 saturated carbocycles. The van der Waals surface area contributed by atoms with E-state index in [4.69, 9.17) is 32.3 Å². The highest BCUT2D eigenvalue weighted by Gasteiger charge is 2.29. The molecule has 109 heavy (non-hydrogen) atoms. The second-order valence-corrected chi connectivity index (χ2v) is 30.4. The first-order valence-electron chi connectivity index (χ1n) is 42.1. The highest BCUT2D eigenvalue weighted by molar-refractivity contribution is 7.47. The molecule has 0 aromatic heterocycles. The van der Waals surface area contributed by atoms with Crippen molar-refractivity contribution in [2.75, 3.05) is 39.6 Å². The standard InChI is InChI=1S/C91H150O16P2/c1-4-7-10-13-16-19-22-25-28-31-33-35-37-38-39-40-41-42-43-44-45-46-48-50-51-54-56-59-62-65-68-71-74-77-89(94)101-80-86(92)81-103-108(97,98)104-82-87(93)83-105-109(99,100)106-85-88(107-91(96)79-76-73-70-67-64-61-58-53-30-27-24-21-18-15-12-9-6-3)84-102-90(95)78-75-72-69-66-63-60-57-55-52-49-47-36-34-32-29-26-23-20-17-14-11-8-5-2/h7,9-10,12,16-21,25-30,33-36,38-39,41-42,49,52,58,61,67,70,86-88,92-93H,4-6,8,11,13-15,22-24,31-32,37,40,43-48,50-51,53-57,59-60,62-66,68-69,71-85H2,1-3H3,(H,97,98)(H,99,100)/b10-7-,12-9-,19-16-,20-17-,21-18-,28-25-,29-26-,30-27-,35-33-,36-34-,39-38-,42-41-,52-49-,61-58-,70-67-. The largest absolute Gasteiger partial charge is 0.472 e. The van der Waals surface area contributed by atoms with Crippen LogP contribution < -0.4 is 0 Å². The Bertz CT molecular complexity index is 2710. The Morgan fingerprint density at radius 3 is 0.798 bits per heavy atom. The fraction of sp³-hybridized carbons (Fsp3) is 0.637. The Labute approximate surface area is 662 Å². The summed E-state index contributed by atoms with van der Waals surface area (Å²) in [6, 6.07) is 0. The van der Waals surface area contributed by atoms with Crippen LogP contribution in [0.2, 0.25) is 0 Å². The summed E-state index contributed by atoms with van der Waals surface area (Å²) in [6.45, 7) is 2.34. The molecule has 0 radical (unpaired) electrons. The molecule has 0 heterocycles. The van der Waals surface area contributed by atoms with E-state index in [1.165, 1.54) is 89.9 Å². The molecule has 5 unspecified atom stereocenters. The quantitative estimate of drug-likeness (QED) is 0.0146. The number of unbranched alkanes of at least 4 members (excludes halogenated alkanes) is 25. The minimum atomic E-state index is -4.96. The fourth-order valence-corrected chi connectivity index (χ4v) is 12.4. The molecular weight excluding hydrogens is 1410 g/mol. The van der Waals surface area contributed by atoms with E-state index in [0.29, 0.717) is 25.7 Å². The highest BCUT2D eigenvalue weighted by atomic mass is 31.2. The third-order valence-electron chi connectivity index (χ3n) is 17.1. The first-order chi connectivity index (χ1) is 53.2. The normalized spacial score (nSPS) is 14.8. The topological polar surface area (TPSA) is 231 Å². The van der Waals surface area contributed by atoms with Crippen molar-refractivity contribution in [1.82, 2.24) is 0 Å². The number of rotatable bonds is 78. The van der Waals surface area contributed by atoms with Gasteiger partial charge in [-0.3, -0.25) is 32.5 Å². The van der Waals surface area contributed by atoms with Gasteiger partial charge in [0, 0.05) is 19.3 Å². The summed E-state index contributed by atoms with van der Waals surface area (Å²) in [5.74, 6) is -1.66. The van der Waals surface area contributed by atoms with Gasteiger partial charge in [0.05, 0.1) is 26.4 Å². The van der Waals surface area contributed by atoms with E-state index >= 15 is 0 Å². The first kappa shape index (κ1) is 104. The second kappa shape index (κ2) is 82.1. The third kappa shape index (κ3) is 83.4. The smallest absolute Gasteiger partial charge is 0.463 e. The third-order valence-corrected chi connectivity index (χ3v) is 19.0. The van der Waals surface area contributed by atoms with E-state index in [1.54, 1.807) is 0 Å². The first-order valence-corrected chi connectivity index (χ1v) is 45.1. The summed E-state index contributed by atoms with van der Waals surface area (Å²) in [5.41, 5.74) is 0. The number of aliphatic hydroxyl groups is 2. The van der Waals surface area contributed by atoms with Crippen molar-refractivity contribution in [2.45, 2.75) is 334 Å². The van der Waals surface area contributed by atoms with Crippen LogP contribution in [0.1, 0.15) is 316 Å². The van der Waals surface area contributed by atoms with Gasteiger partial charge >= 0.3 is 33.6 Å². The molecule has 0 saturated heterocycles. The Kier molecular flexibility index (Phi) is 78.1. The summed E-state index contributed by atoms with van der Waals surface area (Å²) in [5, 5.41) is 20.7. The highest BCUT2D eigenvalue weighted by Crippen LogP contribution is 2.45. The molecule has 18 heteroatoms. The zero-order valence-corrected chi connectivity index (χ0v) is 69.7. The molecule has 0 aromatic carbocycles. The van der Waals surface area contributed by atoms with Gasteiger partial charge in [0.15, 0.2) is 6.10 Å². The molecule has 0 aromatic rings. The van der Waals surface area contributed by atoms with Crippen molar-refractivity contribution in [2.24, 2.45) is 0 Å². The van der Waals surface area contributed by atoms with Crippen LogP contribution in [0.4, 0.5) is 0 Å². The maximum Gasteiger partial charge on any atom is 0.472 e. The number of phosphoric acid groups is 2. The summed E-state index contributed by atoms with van der Waals surface area (Å²) in [6.07, 6.45) is 107. The lowest BCUT2D eigenvalue weighted by Gasteiger charge is -2.21. The number of aliphatic hydroxyl groups excluding tert-OH is 2.